The fourth-order valence-electron chi connectivity index (χ4n) is 4.05. The summed E-state index contributed by atoms with van der Waals surface area (Å²) in [5.74, 6) is -0.296. The van der Waals surface area contributed by atoms with Gasteiger partial charge < -0.3 is 20.7 Å². The minimum Gasteiger partial charge on any atom is -0.453 e. The van der Waals surface area contributed by atoms with Gasteiger partial charge in [-0.25, -0.2) is 9.18 Å². The lowest BCUT2D eigenvalue weighted by Crippen LogP contribution is -2.59. The molecule has 1 saturated carbocycles. The molecule has 0 bridgehead atoms. The molecule has 34 heavy (non-hydrogen) atoms. The first-order chi connectivity index (χ1) is 16.5. The van der Waals surface area contributed by atoms with E-state index in [0.717, 1.165) is 18.4 Å². The van der Waals surface area contributed by atoms with Gasteiger partial charge in [0.2, 0.25) is 5.91 Å². The first kappa shape index (κ1) is 23.2. The number of nitrogens with one attached hydrogen (secondary N) is 3. The van der Waals surface area contributed by atoms with E-state index < -0.39 is 11.4 Å². The minimum absolute atomic E-state index is 0.0760. The summed E-state index contributed by atoms with van der Waals surface area (Å²) in [5, 5.41) is 8.56. The highest BCUT2D eigenvalue weighted by molar-refractivity contribution is 5.91. The lowest BCUT2D eigenvalue weighted by molar-refractivity contribution is -0.127. The molecule has 3 N–H and O–H groups in total. The molecule has 0 spiro atoms. The third kappa shape index (κ3) is 5.89. The predicted molar refractivity (Wildman–Crippen MR) is 126 cm³/mol. The van der Waals surface area contributed by atoms with Gasteiger partial charge in [0.15, 0.2) is 11.6 Å². The molecular formula is C26H27FN4O3. The summed E-state index contributed by atoms with van der Waals surface area (Å²) in [6, 6.07) is 17.1. The maximum absolute atomic E-state index is 14.5. The van der Waals surface area contributed by atoms with Crippen LogP contribution in [0, 0.1) is 5.82 Å². The molecular weight excluding hydrogens is 435 g/mol. The first-order valence-electron chi connectivity index (χ1n) is 11.3. The molecule has 0 unspecified atom stereocenters. The van der Waals surface area contributed by atoms with E-state index in [1.807, 2.05) is 30.3 Å². The second-order valence-electron chi connectivity index (χ2n) is 8.32. The van der Waals surface area contributed by atoms with Crippen molar-refractivity contribution in [2.24, 2.45) is 0 Å². The van der Waals surface area contributed by atoms with Crippen LogP contribution in [0.2, 0.25) is 0 Å². The molecule has 4 rings (SSSR count). The normalized spacial score (nSPS) is 14.3. The van der Waals surface area contributed by atoms with Crippen LogP contribution in [0.25, 0.3) is 0 Å². The predicted octanol–water partition coefficient (Wildman–Crippen LogP) is 4.44. The molecule has 1 heterocycles. The van der Waals surface area contributed by atoms with Gasteiger partial charge in [0.1, 0.15) is 11.3 Å². The maximum atomic E-state index is 14.5. The van der Waals surface area contributed by atoms with Crippen LogP contribution in [0.5, 0.6) is 11.5 Å². The zero-order chi connectivity index (χ0) is 23.8. The van der Waals surface area contributed by atoms with E-state index in [2.05, 4.69) is 20.9 Å². The van der Waals surface area contributed by atoms with Crippen molar-refractivity contribution >= 4 is 11.9 Å². The second kappa shape index (κ2) is 10.8. The quantitative estimate of drug-likeness (QED) is 0.461. The number of carbonyl (C=O) groups is 2. The number of urea groups is 1. The molecule has 7 nitrogen and oxygen atoms in total. The number of aromatic nitrogens is 1. The van der Waals surface area contributed by atoms with Crippen LogP contribution in [0.3, 0.4) is 0 Å². The molecule has 8 heteroatoms. The molecule has 1 aromatic heterocycles. The molecule has 0 saturated heterocycles. The zero-order valence-electron chi connectivity index (χ0n) is 18.7. The average molecular weight is 463 g/mol. The van der Waals surface area contributed by atoms with Crippen molar-refractivity contribution in [1.29, 1.82) is 0 Å². The second-order valence-corrected chi connectivity index (χ2v) is 8.32. The van der Waals surface area contributed by atoms with E-state index in [-0.39, 0.29) is 24.2 Å². The number of hydrogen-bond acceptors (Lipinski definition) is 4. The van der Waals surface area contributed by atoms with E-state index in [1.54, 1.807) is 24.4 Å². The Balaban J connectivity index is 1.33. The Labute approximate surface area is 197 Å². The summed E-state index contributed by atoms with van der Waals surface area (Å²) in [6.45, 7) is 0.509. The number of benzene rings is 2. The first-order valence-corrected chi connectivity index (χ1v) is 11.3. The monoisotopic (exact) mass is 462 g/mol. The molecule has 0 radical (unpaired) electrons. The van der Waals surface area contributed by atoms with Crippen molar-refractivity contribution < 1.29 is 18.7 Å². The van der Waals surface area contributed by atoms with Gasteiger partial charge in [-0.05, 0) is 48.2 Å². The van der Waals surface area contributed by atoms with Crippen LogP contribution < -0.4 is 20.7 Å². The SMILES string of the molecule is O=C(NCc1ccccc1)NC1(C(=O)NCc2ccc(Oc3cccnc3)c(F)c2)CCCC1. The summed E-state index contributed by atoms with van der Waals surface area (Å²) in [5.41, 5.74) is 0.592. The number of amides is 3. The molecule has 1 aliphatic rings. The molecule has 3 amide bonds. The van der Waals surface area contributed by atoms with Crippen LogP contribution in [0.15, 0.2) is 73.1 Å². The Morgan fingerprint density at radius 3 is 2.41 bits per heavy atom. The lowest BCUT2D eigenvalue weighted by Gasteiger charge is -2.29. The summed E-state index contributed by atoms with van der Waals surface area (Å²) in [4.78, 5) is 29.5. The molecule has 0 atom stereocenters. The highest BCUT2D eigenvalue weighted by Crippen LogP contribution is 2.30. The Morgan fingerprint density at radius 1 is 0.941 bits per heavy atom. The smallest absolute Gasteiger partial charge is 0.315 e. The van der Waals surface area contributed by atoms with Gasteiger partial charge in [0.25, 0.3) is 0 Å². The number of carbonyl (C=O) groups excluding carboxylic acids is 2. The van der Waals surface area contributed by atoms with Gasteiger partial charge in [-0.15, -0.1) is 0 Å². The number of hydrogen-bond donors (Lipinski definition) is 3. The average Bonchev–Trinajstić information content (AvgIpc) is 3.34. The van der Waals surface area contributed by atoms with Gasteiger partial charge in [-0.3, -0.25) is 9.78 Å². The zero-order valence-corrected chi connectivity index (χ0v) is 18.7. The van der Waals surface area contributed by atoms with Crippen molar-refractivity contribution in [2.45, 2.75) is 44.3 Å². The van der Waals surface area contributed by atoms with Crippen LogP contribution in [-0.2, 0) is 17.9 Å². The van der Waals surface area contributed by atoms with E-state index >= 15 is 0 Å². The number of nitrogens with zero attached hydrogens (tertiary/aromatic N) is 1. The maximum Gasteiger partial charge on any atom is 0.315 e. The Bertz CT molecular complexity index is 1120. The van der Waals surface area contributed by atoms with Gasteiger partial charge in [0, 0.05) is 19.3 Å². The van der Waals surface area contributed by atoms with E-state index in [1.165, 1.54) is 18.3 Å². The summed E-state index contributed by atoms with van der Waals surface area (Å²) in [6.07, 6.45) is 5.92. The molecule has 0 aliphatic heterocycles. The van der Waals surface area contributed by atoms with Crippen LogP contribution in [0.1, 0.15) is 36.8 Å². The van der Waals surface area contributed by atoms with Crippen molar-refractivity contribution in [3.8, 4) is 11.5 Å². The number of pyridine rings is 1. The van der Waals surface area contributed by atoms with Crippen LogP contribution >= 0.6 is 0 Å². The van der Waals surface area contributed by atoms with Crippen molar-refractivity contribution in [2.75, 3.05) is 0 Å². The Kier molecular flexibility index (Phi) is 7.37. The molecule has 2 aromatic carbocycles. The molecule has 1 aliphatic carbocycles. The van der Waals surface area contributed by atoms with Gasteiger partial charge in [-0.2, -0.15) is 0 Å². The molecule has 176 valence electrons. The largest absolute Gasteiger partial charge is 0.453 e. The van der Waals surface area contributed by atoms with Crippen LogP contribution in [-0.4, -0.2) is 22.5 Å². The van der Waals surface area contributed by atoms with Crippen molar-refractivity contribution in [1.82, 2.24) is 20.9 Å². The van der Waals surface area contributed by atoms with Gasteiger partial charge in [-0.1, -0.05) is 49.2 Å². The van der Waals surface area contributed by atoms with Crippen molar-refractivity contribution in [3.63, 3.8) is 0 Å². The highest BCUT2D eigenvalue weighted by Gasteiger charge is 2.42. The Hall–Kier alpha value is -3.94. The summed E-state index contributed by atoms with van der Waals surface area (Å²) < 4.78 is 20.0. The third-order valence-corrected chi connectivity index (χ3v) is 5.85. The minimum atomic E-state index is -0.970. The van der Waals surface area contributed by atoms with Crippen molar-refractivity contribution in [3.05, 3.63) is 90.0 Å². The Morgan fingerprint density at radius 2 is 1.71 bits per heavy atom. The summed E-state index contributed by atoms with van der Waals surface area (Å²) >= 11 is 0. The summed E-state index contributed by atoms with van der Waals surface area (Å²) in [7, 11) is 0. The number of halogens is 1. The lowest BCUT2D eigenvalue weighted by atomic mass is 9.96. The van der Waals surface area contributed by atoms with Crippen LogP contribution in [0.4, 0.5) is 9.18 Å². The van der Waals surface area contributed by atoms with E-state index in [4.69, 9.17) is 4.74 Å². The topological polar surface area (TPSA) is 92.4 Å². The highest BCUT2D eigenvalue weighted by atomic mass is 19.1. The van der Waals surface area contributed by atoms with Gasteiger partial charge in [0.05, 0.1) is 6.20 Å². The van der Waals surface area contributed by atoms with E-state index in [0.29, 0.717) is 30.7 Å². The molecule has 1 fully saturated rings. The number of ether oxygens (including phenoxy) is 1. The fraction of sp³-hybridized carbons (Fsp3) is 0.269. The van der Waals surface area contributed by atoms with Gasteiger partial charge >= 0.3 is 6.03 Å². The third-order valence-electron chi connectivity index (χ3n) is 5.85. The standard InChI is InChI=1S/C26H27FN4O3/c27-22-15-20(10-11-23(22)34-21-9-6-14-28-18-21)17-29-24(32)26(12-4-5-13-26)31-25(33)30-16-19-7-2-1-3-8-19/h1-3,6-11,14-15,18H,4-5,12-13,16-17H2,(H,29,32)(H2,30,31,33). The fourth-order valence-corrected chi connectivity index (χ4v) is 4.05. The molecule has 3 aromatic rings. The van der Waals surface area contributed by atoms with E-state index in [9.17, 15) is 14.0 Å². The number of rotatable bonds is 8.